The molecule has 0 spiro atoms. The van der Waals surface area contributed by atoms with Gasteiger partial charge in [0.1, 0.15) is 0 Å². The zero-order valence-corrected chi connectivity index (χ0v) is 11.8. The van der Waals surface area contributed by atoms with Gasteiger partial charge in [-0.05, 0) is 6.92 Å². The summed E-state index contributed by atoms with van der Waals surface area (Å²) >= 11 is 0. The van der Waals surface area contributed by atoms with Gasteiger partial charge in [0.2, 0.25) is 15.9 Å². The molecule has 0 saturated carbocycles. The number of carbonyl (C=O) groups excluding carboxylic acids is 1. The number of nitrogens with two attached hydrogens (primary N) is 1. The Morgan fingerprint density at radius 2 is 1.76 bits per heavy atom. The number of sulfonamides is 1. The molecule has 0 aromatic carbocycles. The van der Waals surface area contributed by atoms with Gasteiger partial charge in [-0.1, -0.05) is 0 Å². The van der Waals surface area contributed by atoms with Crippen molar-refractivity contribution < 1.29 is 13.2 Å². The third-order valence-electron chi connectivity index (χ3n) is 2.56. The molecule has 0 aromatic heterocycles. The van der Waals surface area contributed by atoms with E-state index in [2.05, 4.69) is 0 Å². The molecular weight excluding hydrogens is 266 g/mol. The van der Waals surface area contributed by atoms with Crippen LogP contribution in [0, 0.1) is 0 Å². The lowest BCUT2D eigenvalue weighted by atomic mass is 10.2. The van der Waals surface area contributed by atoms with Gasteiger partial charge in [0.25, 0.3) is 0 Å². The summed E-state index contributed by atoms with van der Waals surface area (Å²) in [6.45, 7) is 3.45. The molecule has 0 aromatic rings. The van der Waals surface area contributed by atoms with E-state index in [0.29, 0.717) is 32.6 Å². The van der Waals surface area contributed by atoms with Crippen molar-refractivity contribution in [3.8, 4) is 0 Å². The van der Waals surface area contributed by atoms with E-state index < -0.39 is 10.0 Å². The van der Waals surface area contributed by atoms with Gasteiger partial charge >= 0.3 is 0 Å². The summed E-state index contributed by atoms with van der Waals surface area (Å²) in [7, 11) is -3.13. The van der Waals surface area contributed by atoms with Crippen LogP contribution < -0.4 is 5.73 Å². The van der Waals surface area contributed by atoms with Crippen molar-refractivity contribution >= 4 is 28.3 Å². The average molecular weight is 286 g/mol. The SMILES string of the molecule is CC(N)CC(=O)N1CCN(S(C)(=O)=O)CC1.Cl. The van der Waals surface area contributed by atoms with Gasteiger partial charge in [0.15, 0.2) is 0 Å². The largest absolute Gasteiger partial charge is 0.340 e. The fraction of sp³-hybridized carbons (Fsp3) is 0.889. The fourth-order valence-electron chi connectivity index (χ4n) is 1.67. The van der Waals surface area contributed by atoms with Crippen LogP contribution in [0.25, 0.3) is 0 Å². The van der Waals surface area contributed by atoms with Gasteiger partial charge in [0, 0.05) is 38.6 Å². The van der Waals surface area contributed by atoms with Gasteiger partial charge in [0.05, 0.1) is 6.26 Å². The van der Waals surface area contributed by atoms with Crippen molar-refractivity contribution in [2.45, 2.75) is 19.4 Å². The summed E-state index contributed by atoms with van der Waals surface area (Å²) in [6, 6.07) is -0.152. The number of hydrogen-bond donors (Lipinski definition) is 1. The van der Waals surface area contributed by atoms with Crippen LogP contribution in [0.15, 0.2) is 0 Å². The van der Waals surface area contributed by atoms with Crippen molar-refractivity contribution in [2.75, 3.05) is 32.4 Å². The Kier molecular flexibility index (Phi) is 6.39. The molecule has 17 heavy (non-hydrogen) atoms. The molecule has 102 valence electrons. The maximum absolute atomic E-state index is 11.6. The lowest BCUT2D eigenvalue weighted by Crippen LogP contribution is -2.50. The predicted molar refractivity (Wildman–Crippen MR) is 68.5 cm³/mol. The molecule has 1 amide bonds. The molecule has 8 heteroatoms. The normalized spacial score (nSPS) is 19.6. The highest BCUT2D eigenvalue weighted by Gasteiger charge is 2.25. The number of rotatable bonds is 3. The third kappa shape index (κ3) is 5.20. The highest BCUT2D eigenvalue weighted by atomic mass is 35.5. The number of halogens is 1. The van der Waals surface area contributed by atoms with Crippen molar-refractivity contribution in [2.24, 2.45) is 5.73 Å². The fourth-order valence-corrected chi connectivity index (χ4v) is 2.50. The van der Waals surface area contributed by atoms with E-state index in [1.54, 1.807) is 11.8 Å². The number of nitrogens with zero attached hydrogens (tertiary/aromatic N) is 2. The summed E-state index contributed by atoms with van der Waals surface area (Å²) in [5.41, 5.74) is 5.54. The first-order valence-electron chi connectivity index (χ1n) is 5.29. The summed E-state index contributed by atoms with van der Waals surface area (Å²) in [5, 5.41) is 0. The standard InChI is InChI=1S/C9H19N3O3S.ClH/c1-8(10)7-9(13)11-3-5-12(6-4-11)16(2,14)15;/h8H,3-7,10H2,1-2H3;1H. The molecule has 1 aliphatic heterocycles. The first-order chi connectivity index (χ1) is 7.30. The van der Waals surface area contributed by atoms with E-state index in [4.69, 9.17) is 5.73 Å². The maximum Gasteiger partial charge on any atom is 0.224 e. The van der Waals surface area contributed by atoms with E-state index in [0.717, 1.165) is 0 Å². The monoisotopic (exact) mass is 285 g/mol. The topological polar surface area (TPSA) is 83.7 Å². The molecule has 2 N–H and O–H groups in total. The number of piperazine rings is 1. The summed E-state index contributed by atoms with van der Waals surface area (Å²) in [6.07, 6.45) is 1.51. The summed E-state index contributed by atoms with van der Waals surface area (Å²) in [4.78, 5) is 13.3. The van der Waals surface area contributed by atoms with Crippen LogP contribution in [0.5, 0.6) is 0 Å². The molecule has 1 heterocycles. The van der Waals surface area contributed by atoms with Crippen LogP contribution in [-0.2, 0) is 14.8 Å². The lowest BCUT2D eigenvalue weighted by molar-refractivity contribution is -0.132. The maximum atomic E-state index is 11.6. The van der Waals surface area contributed by atoms with E-state index in [1.807, 2.05) is 0 Å². The summed E-state index contributed by atoms with van der Waals surface area (Å²) in [5.74, 6) is 0.00292. The second kappa shape index (κ2) is 6.53. The molecule has 1 unspecified atom stereocenters. The molecule has 1 atom stereocenters. The van der Waals surface area contributed by atoms with Crippen LogP contribution in [0.2, 0.25) is 0 Å². The van der Waals surface area contributed by atoms with Crippen LogP contribution >= 0.6 is 12.4 Å². The minimum atomic E-state index is -3.13. The van der Waals surface area contributed by atoms with Crippen LogP contribution in [-0.4, -0.2) is 62.0 Å². The Hall–Kier alpha value is -0.370. The molecule has 0 bridgehead atoms. The van der Waals surface area contributed by atoms with E-state index in [-0.39, 0.29) is 24.4 Å². The van der Waals surface area contributed by atoms with E-state index >= 15 is 0 Å². The molecular formula is C9H20ClN3O3S. The lowest BCUT2D eigenvalue weighted by Gasteiger charge is -2.33. The average Bonchev–Trinajstić information content (AvgIpc) is 2.15. The smallest absolute Gasteiger partial charge is 0.224 e. The van der Waals surface area contributed by atoms with Crippen molar-refractivity contribution in [3.05, 3.63) is 0 Å². The second-order valence-electron chi connectivity index (χ2n) is 4.22. The van der Waals surface area contributed by atoms with E-state index in [9.17, 15) is 13.2 Å². The van der Waals surface area contributed by atoms with Gasteiger partial charge in [-0.15, -0.1) is 12.4 Å². The zero-order valence-electron chi connectivity index (χ0n) is 10.1. The Balaban J connectivity index is 0.00000256. The summed E-state index contributed by atoms with van der Waals surface area (Å²) < 4.78 is 23.9. The van der Waals surface area contributed by atoms with Crippen LogP contribution in [0.3, 0.4) is 0 Å². The highest BCUT2D eigenvalue weighted by molar-refractivity contribution is 7.88. The van der Waals surface area contributed by atoms with Gasteiger partial charge in [-0.2, -0.15) is 4.31 Å². The number of amides is 1. The number of hydrogen-bond acceptors (Lipinski definition) is 4. The van der Waals surface area contributed by atoms with Crippen molar-refractivity contribution in [3.63, 3.8) is 0 Å². The molecule has 0 radical (unpaired) electrons. The van der Waals surface area contributed by atoms with Gasteiger partial charge < -0.3 is 10.6 Å². The first-order valence-corrected chi connectivity index (χ1v) is 7.14. The van der Waals surface area contributed by atoms with Gasteiger partial charge in [-0.25, -0.2) is 8.42 Å². The van der Waals surface area contributed by atoms with E-state index in [1.165, 1.54) is 10.6 Å². The molecule has 0 aliphatic carbocycles. The first kappa shape index (κ1) is 16.6. The Morgan fingerprint density at radius 3 is 2.12 bits per heavy atom. The number of carbonyl (C=O) groups is 1. The molecule has 1 aliphatic rings. The molecule has 1 saturated heterocycles. The zero-order chi connectivity index (χ0) is 12.3. The Labute approximate surface area is 109 Å². The quantitative estimate of drug-likeness (QED) is 0.739. The Bertz CT molecular complexity index is 350. The van der Waals surface area contributed by atoms with Crippen molar-refractivity contribution in [1.82, 2.24) is 9.21 Å². The Morgan fingerprint density at radius 1 is 1.29 bits per heavy atom. The molecule has 1 fully saturated rings. The molecule has 1 rings (SSSR count). The highest BCUT2D eigenvalue weighted by Crippen LogP contribution is 2.07. The van der Waals surface area contributed by atoms with Gasteiger partial charge in [-0.3, -0.25) is 4.79 Å². The minimum Gasteiger partial charge on any atom is -0.340 e. The third-order valence-corrected chi connectivity index (χ3v) is 3.86. The second-order valence-corrected chi connectivity index (χ2v) is 6.21. The van der Waals surface area contributed by atoms with Crippen LogP contribution in [0.1, 0.15) is 13.3 Å². The van der Waals surface area contributed by atoms with Crippen molar-refractivity contribution in [1.29, 1.82) is 0 Å². The predicted octanol–water partition coefficient (Wildman–Crippen LogP) is -0.751. The molecule has 6 nitrogen and oxygen atoms in total. The minimum absolute atomic E-state index is 0. The van der Waals surface area contributed by atoms with Crippen LogP contribution in [0.4, 0.5) is 0 Å².